The SMILES string of the molecule is Cc1cccc(S(=O)(=O)N2CCCC(c3nnc(C(=O)Nc4ccccc4C)s3)C2)c1. The summed E-state index contributed by atoms with van der Waals surface area (Å²) in [5, 5.41) is 12.1. The third-order valence-electron chi connectivity index (χ3n) is 5.39. The van der Waals surface area contributed by atoms with Crippen molar-refractivity contribution in [2.45, 2.75) is 37.5 Å². The fraction of sp³-hybridized carbons (Fsp3) is 0.318. The second kappa shape index (κ2) is 8.86. The van der Waals surface area contributed by atoms with E-state index in [4.69, 9.17) is 0 Å². The predicted molar refractivity (Wildman–Crippen MR) is 121 cm³/mol. The van der Waals surface area contributed by atoms with E-state index in [1.807, 2.05) is 44.2 Å². The number of rotatable bonds is 5. The van der Waals surface area contributed by atoms with Gasteiger partial charge in [-0.3, -0.25) is 4.79 Å². The van der Waals surface area contributed by atoms with Gasteiger partial charge >= 0.3 is 0 Å². The minimum absolute atomic E-state index is 0.0779. The molecule has 1 fully saturated rings. The first-order valence-electron chi connectivity index (χ1n) is 10.1. The van der Waals surface area contributed by atoms with Crippen LogP contribution >= 0.6 is 11.3 Å². The zero-order valence-electron chi connectivity index (χ0n) is 17.4. The van der Waals surface area contributed by atoms with Gasteiger partial charge in [0.15, 0.2) is 0 Å². The Morgan fingerprint density at radius 2 is 1.94 bits per heavy atom. The van der Waals surface area contributed by atoms with Crippen molar-refractivity contribution in [2.75, 3.05) is 18.4 Å². The number of amides is 1. The molecule has 0 radical (unpaired) electrons. The maximum absolute atomic E-state index is 13.1. The molecule has 1 aliphatic heterocycles. The number of benzene rings is 2. The van der Waals surface area contributed by atoms with E-state index in [0.717, 1.165) is 29.7 Å². The molecule has 1 atom stereocenters. The van der Waals surface area contributed by atoms with Crippen LogP contribution in [0.4, 0.5) is 5.69 Å². The monoisotopic (exact) mass is 456 g/mol. The van der Waals surface area contributed by atoms with Gasteiger partial charge in [-0.1, -0.05) is 41.7 Å². The number of aromatic nitrogens is 2. The highest BCUT2D eigenvalue weighted by atomic mass is 32.2. The van der Waals surface area contributed by atoms with Gasteiger partial charge in [-0.2, -0.15) is 4.31 Å². The van der Waals surface area contributed by atoms with Crippen LogP contribution in [0.1, 0.15) is 44.7 Å². The normalized spacial score (nSPS) is 17.4. The number of nitrogens with one attached hydrogen (secondary N) is 1. The number of sulfonamides is 1. The zero-order valence-corrected chi connectivity index (χ0v) is 19.0. The highest BCUT2D eigenvalue weighted by molar-refractivity contribution is 7.89. The lowest BCUT2D eigenvalue weighted by molar-refractivity contribution is 0.102. The van der Waals surface area contributed by atoms with E-state index in [2.05, 4.69) is 15.5 Å². The molecular weight excluding hydrogens is 432 g/mol. The lowest BCUT2D eigenvalue weighted by Crippen LogP contribution is -2.39. The largest absolute Gasteiger partial charge is 0.320 e. The Balaban J connectivity index is 1.49. The van der Waals surface area contributed by atoms with Crippen molar-refractivity contribution in [1.82, 2.24) is 14.5 Å². The van der Waals surface area contributed by atoms with E-state index in [1.165, 1.54) is 15.6 Å². The highest BCUT2D eigenvalue weighted by Gasteiger charge is 2.32. The van der Waals surface area contributed by atoms with Gasteiger partial charge in [0.1, 0.15) is 5.01 Å². The van der Waals surface area contributed by atoms with Gasteiger partial charge in [0.05, 0.1) is 4.90 Å². The van der Waals surface area contributed by atoms with Crippen molar-refractivity contribution in [3.63, 3.8) is 0 Å². The fourth-order valence-corrected chi connectivity index (χ4v) is 6.16. The first-order valence-corrected chi connectivity index (χ1v) is 12.4. The molecule has 0 bridgehead atoms. The van der Waals surface area contributed by atoms with Gasteiger partial charge in [-0.05, 0) is 56.0 Å². The molecule has 162 valence electrons. The summed E-state index contributed by atoms with van der Waals surface area (Å²) in [6.07, 6.45) is 1.55. The lowest BCUT2D eigenvalue weighted by Gasteiger charge is -2.30. The molecular formula is C22H24N4O3S2. The topological polar surface area (TPSA) is 92.3 Å². The van der Waals surface area contributed by atoms with E-state index in [1.54, 1.807) is 18.2 Å². The molecule has 0 spiro atoms. The van der Waals surface area contributed by atoms with Crippen LogP contribution in [-0.2, 0) is 10.0 Å². The summed E-state index contributed by atoms with van der Waals surface area (Å²) in [7, 11) is -3.57. The summed E-state index contributed by atoms with van der Waals surface area (Å²) in [6.45, 7) is 4.62. The molecule has 1 amide bonds. The number of carbonyl (C=O) groups is 1. The summed E-state index contributed by atoms with van der Waals surface area (Å²) >= 11 is 1.23. The second-order valence-corrected chi connectivity index (χ2v) is 10.7. The van der Waals surface area contributed by atoms with Crippen molar-refractivity contribution in [2.24, 2.45) is 0 Å². The van der Waals surface area contributed by atoms with E-state index in [9.17, 15) is 13.2 Å². The maximum Gasteiger partial charge on any atom is 0.286 e. The Morgan fingerprint density at radius 3 is 2.71 bits per heavy atom. The van der Waals surface area contributed by atoms with Crippen LogP contribution in [0.25, 0.3) is 0 Å². The number of hydrogen-bond acceptors (Lipinski definition) is 6. The minimum Gasteiger partial charge on any atom is -0.320 e. The van der Waals surface area contributed by atoms with Crippen LogP contribution in [0.5, 0.6) is 0 Å². The van der Waals surface area contributed by atoms with Crippen molar-refractivity contribution >= 4 is 33.0 Å². The second-order valence-electron chi connectivity index (χ2n) is 7.73. The molecule has 1 N–H and O–H groups in total. The zero-order chi connectivity index (χ0) is 22.0. The van der Waals surface area contributed by atoms with Gasteiger partial charge in [-0.15, -0.1) is 10.2 Å². The first kappa shape index (κ1) is 21.6. The molecule has 2 heterocycles. The van der Waals surface area contributed by atoms with Gasteiger partial charge in [0.25, 0.3) is 5.91 Å². The molecule has 2 aromatic carbocycles. The van der Waals surface area contributed by atoms with Gasteiger partial charge in [0.2, 0.25) is 15.0 Å². The summed E-state index contributed by atoms with van der Waals surface area (Å²) in [4.78, 5) is 12.9. The van der Waals surface area contributed by atoms with E-state index < -0.39 is 10.0 Å². The van der Waals surface area contributed by atoms with Gasteiger partial charge in [-0.25, -0.2) is 8.42 Å². The number of piperidine rings is 1. The van der Waals surface area contributed by atoms with Crippen LogP contribution in [-0.4, -0.2) is 41.9 Å². The minimum atomic E-state index is -3.57. The van der Waals surface area contributed by atoms with Crippen LogP contribution < -0.4 is 5.32 Å². The molecule has 1 aromatic heterocycles. The quantitative estimate of drug-likeness (QED) is 0.627. The van der Waals surface area contributed by atoms with Crippen molar-refractivity contribution in [3.8, 4) is 0 Å². The number of anilines is 1. The molecule has 1 unspecified atom stereocenters. The van der Waals surface area contributed by atoms with E-state index in [0.29, 0.717) is 23.0 Å². The molecule has 0 saturated carbocycles. The standard InChI is InChI=1S/C22H24N4O3S2/c1-15-7-5-10-18(13-15)31(28,29)26-12-6-9-17(14-26)21-24-25-22(30-21)20(27)23-19-11-4-3-8-16(19)2/h3-5,7-8,10-11,13,17H,6,9,12,14H2,1-2H3,(H,23,27). The molecule has 0 aliphatic carbocycles. The molecule has 9 heteroatoms. The third-order valence-corrected chi connectivity index (χ3v) is 8.33. The summed E-state index contributed by atoms with van der Waals surface area (Å²) in [5.74, 6) is -0.385. The Bertz CT molecular complexity index is 1210. The predicted octanol–water partition coefficient (Wildman–Crippen LogP) is 3.98. The summed E-state index contributed by atoms with van der Waals surface area (Å²) in [6, 6.07) is 14.5. The van der Waals surface area contributed by atoms with Gasteiger partial charge in [0, 0.05) is 24.7 Å². The number of hydrogen-bond donors (Lipinski definition) is 1. The number of carbonyl (C=O) groups excluding carboxylic acids is 1. The third kappa shape index (κ3) is 4.68. The van der Waals surface area contributed by atoms with E-state index in [-0.39, 0.29) is 16.8 Å². The number of nitrogens with zero attached hydrogens (tertiary/aromatic N) is 3. The average molecular weight is 457 g/mol. The van der Waals surface area contributed by atoms with Crippen LogP contribution in [0.3, 0.4) is 0 Å². The maximum atomic E-state index is 13.1. The van der Waals surface area contributed by atoms with Crippen molar-refractivity contribution in [1.29, 1.82) is 0 Å². The molecule has 7 nitrogen and oxygen atoms in total. The number of para-hydroxylation sites is 1. The van der Waals surface area contributed by atoms with Crippen LogP contribution in [0, 0.1) is 13.8 Å². The van der Waals surface area contributed by atoms with Crippen LogP contribution in [0.2, 0.25) is 0 Å². The lowest BCUT2D eigenvalue weighted by atomic mass is 10.0. The van der Waals surface area contributed by atoms with Crippen molar-refractivity contribution in [3.05, 3.63) is 69.7 Å². The summed E-state index contributed by atoms with van der Waals surface area (Å²) in [5.41, 5.74) is 2.60. The van der Waals surface area contributed by atoms with E-state index >= 15 is 0 Å². The first-order chi connectivity index (χ1) is 14.8. The highest BCUT2D eigenvalue weighted by Crippen LogP contribution is 2.32. The molecule has 3 aromatic rings. The molecule has 1 saturated heterocycles. The Hall–Kier alpha value is -2.62. The number of aryl methyl sites for hydroxylation is 2. The Morgan fingerprint density at radius 1 is 1.13 bits per heavy atom. The Labute approximate surface area is 186 Å². The molecule has 4 rings (SSSR count). The van der Waals surface area contributed by atoms with Crippen LogP contribution in [0.15, 0.2) is 53.4 Å². The molecule has 1 aliphatic rings. The Kier molecular flexibility index (Phi) is 6.17. The fourth-order valence-electron chi connectivity index (χ4n) is 3.67. The molecule has 31 heavy (non-hydrogen) atoms. The average Bonchev–Trinajstić information content (AvgIpc) is 3.26. The summed E-state index contributed by atoms with van der Waals surface area (Å²) < 4.78 is 27.7. The smallest absolute Gasteiger partial charge is 0.286 e. The van der Waals surface area contributed by atoms with Crippen molar-refractivity contribution < 1.29 is 13.2 Å². The van der Waals surface area contributed by atoms with Gasteiger partial charge < -0.3 is 5.32 Å².